The lowest BCUT2D eigenvalue weighted by molar-refractivity contribution is 0.482. The van der Waals surface area contributed by atoms with Gasteiger partial charge in [-0.05, 0) is 134 Å². The van der Waals surface area contributed by atoms with Crippen LogP contribution in [0.2, 0.25) is 0 Å². The Labute approximate surface area is 290 Å². The summed E-state index contributed by atoms with van der Waals surface area (Å²) in [6, 6.07) is 27.7. The number of hydrogen-bond donors (Lipinski definition) is 0. The first-order valence-corrected chi connectivity index (χ1v) is 17.5. The number of nitrogens with zero attached hydrogens (tertiary/aromatic N) is 4. The minimum atomic E-state index is 0.562. The lowest BCUT2D eigenvalue weighted by atomic mass is 9.83. The van der Waals surface area contributed by atoms with Crippen LogP contribution in [0.5, 0.6) is 11.5 Å². The van der Waals surface area contributed by atoms with E-state index >= 15 is 0 Å². The Kier molecular flexibility index (Phi) is 8.62. The summed E-state index contributed by atoms with van der Waals surface area (Å²) in [5.41, 5.74) is 13.6. The fourth-order valence-corrected chi connectivity index (χ4v) is 7.32. The molecule has 0 aliphatic carbocycles. The number of rotatable bonds is 9. The van der Waals surface area contributed by atoms with Crippen LogP contribution in [-0.2, 0) is 12.8 Å². The monoisotopic (exact) mass is 646 g/mol. The maximum atomic E-state index is 6.61. The average molecular weight is 647 g/mol. The van der Waals surface area contributed by atoms with E-state index in [2.05, 4.69) is 139 Å². The van der Waals surface area contributed by atoms with Crippen LogP contribution in [-0.4, -0.2) is 19.3 Å². The Balaban J connectivity index is 1.27. The molecule has 248 valence electrons. The van der Waals surface area contributed by atoms with Crippen molar-refractivity contribution in [3.63, 3.8) is 0 Å². The van der Waals surface area contributed by atoms with Crippen LogP contribution in [0.1, 0.15) is 61.1 Å². The van der Waals surface area contributed by atoms with Crippen molar-refractivity contribution >= 4 is 21.8 Å². The molecule has 0 aliphatic rings. The molecule has 7 aromatic rings. The molecule has 5 heteroatoms. The van der Waals surface area contributed by atoms with Gasteiger partial charge in [0.25, 0.3) is 0 Å². The normalized spacial score (nSPS) is 11.8. The summed E-state index contributed by atoms with van der Waals surface area (Å²) in [5, 5.41) is 7.28. The molecular weight excluding hydrogens is 601 g/mol. The smallest absolute Gasteiger partial charge is 0.137 e. The van der Waals surface area contributed by atoms with E-state index in [1.807, 2.05) is 23.1 Å². The molecule has 49 heavy (non-hydrogen) atoms. The zero-order valence-corrected chi connectivity index (χ0v) is 30.0. The van der Waals surface area contributed by atoms with Crippen LogP contribution in [0.15, 0.2) is 97.5 Å². The Bertz CT molecular complexity index is 2290. The van der Waals surface area contributed by atoms with Gasteiger partial charge in [0.1, 0.15) is 17.3 Å². The van der Waals surface area contributed by atoms with Gasteiger partial charge in [-0.3, -0.25) is 4.57 Å². The summed E-state index contributed by atoms with van der Waals surface area (Å²) >= 11 is 0. The van der Waals surface area contributed by atoms with Gasteiger partial charge in [0, 0.05) is 40.9 Å². The van der Waals surface area contributed by atoms with Gasteiger partial charge in [-0.25, -0.2) is 9.67 Å². The molecule has 0 atom stereocenters. The van der Waals surface area contributed by atoms with Crippen LogP contribution in [0.3, 0.4) is 0 Å². The van der Waals surface area contributed by atoms with Crippen molar-refractivity contribution in [3.05, 3.63) is 131 Å². The van der Waals surface area contributed by atoms with Crippen LogP contribution >= 0.6 is 0 Å². The predicted molar refractivity (Wildman–Crippen MR) is 204 cm³/mol. The van der Waals surface area contributed by atoms with Crippen LogP contribution in [0.4, 0.5) is 0 Å². The number of para-hydroxylation sites is 1. The van der Waals surface area contributed by atoms with E-state index < -0.39 is 0 Å². The third-order valence-electron chi connectivity index (χ3n) is 9.40. The maximum Gasteiger partial charge on any atom is 0.137 e. The van der Waals surface area contributed by atoms with Crippen molar-refractivity contribution in [3.8, 4) is 34.1 Å². The standard InChI is InChI=1S/C44H46N4O/c1-27(2)17-39-31(7)22-32(8)40(18-28(3)4)44(39)33-25-46-47(26-33)34-19-30(6)20-36(23-34)49-35-13-14-38-37-11-9-10-12-41(37)48(42(38)24-35)43-21-29(5)15-16-45-43/h9-16,19-28H,17-18H2,1-8H3. The minimum Gasteiger partial charge on any atom is -0.457 e. The molecule has 0 bridgehead atoms. The second-order valence-electron chi connectivity index (χ2n) is 14.5. The molecule has 0 N–H and O–H groups in total. The average Bonchev–Trinajstić information content (AvgIpc) is 3.66. The highest BCUT2D eigenvalue weighted by Crippen LogP contribution is 2.38. The first-order valence-electron chi connectivity index (χ1n) is 17.5. The second-order valence-corrected chi connectivity index (χ2v) is 14.5. The highest BCUT2D eigenvalue weighted by molar-refractivity contribution is 6.09. The van der Waals surface area contributed by atoms with Crippen LogP contribution in [0, 0.1) is 39.5 Å². The summed E-state index contributed by atoms with van der Waals surface area (Å²) < 4.78 is 10.8. The molecule has 0 unspecified atom stereocenters. The molecule has 3 heterocycles. The Morgan fingerprint density at radius 3 is 2.10 bits per heavy atom. The van der Waals surface area contributed by atoms with Crippen molar-refractivity contribution in [2.75, 3.05) is 0 Å². The van der Waals surface area contributed by atoms with E-state index in [9.17, 15) is 0 Å². The lowest BCUT2D eigenvalue weighted by Crippen LogP contribution is -2.07. The number of fused-ring (bicyclic) bond motifs is 3. The minimum absolute atomic E-state index is 0.562. The van der Waals surface area contributed by atoms with Gasteiger partial charge >= 0.3 is 0 Å². The maximum absolute atomic E-state index is 6.61. The molecule has 5 nitrogen and oxygen atoms in total. The van der Waals surface area contributed by atoms with Gasteiger partial charge < -0.3 is 4.74 Å². The molecule has 0 aliphatic heterocycles. The quantitative estimate of drug-likeness (QED) is 0.157. The summed E-state index contributed by atoms with van der Waals surface area (Å²) in [6.45, 7) is 17.9. The molecular formula is C44H46N4O. The molecule has 0 fully saturated rings. The van der Waals surface area contributed by atoms with Crippen molar-refractivity contribution in [1.82, 2.24) is 19.3 Å². The van der Waals surface area contributed by atoms with E-state index in [1.54, 1.807) is 0 Å². The fraction of sp³-hybridized carbons (Fsp3) is 0.273. The molecule has 0 saturated carbocycles. The fourth-order valence-electron chi connectivity index (χ4n) is 7.32. The van der Waals surface area contributed by atoms with E-state index in [0.29, 0.717) is 11.8 Å². The largest absolute Gasteiger partial charge is 0.457 e. The van der Waals surface area contributed by atoms with E-state index in [0.717, 1.165) is 52.4 Å². The van der Waals surface area contributed by atoms with Crippen molar-refractivity contribution in [1.29, 1.82) is 0 Å². The van der Waals surface area contributed by atoms with Crippen molar-refractivity contribution in [2.24, 2.45) is 11.8 Å². The number of aromatic nitrogens is 4. The third kappa shape index (κ3) is 6.38. The zero-order chi connectivity index (χ0) is 34.4. The van der Waals surface area contributed by atoms with Gasteiger partial charge in [-0.2, -0.15) is 5.10 Å². The highest BCUT2D eigenvalue weighted by Gasteiger charge is 2.20. The molecule has 0 radical (unpaired) electrons. The summed E-state index contributed by atoms with van der Waals surface area (Å²) in [5.74, 6) is 3.57. The topological polar surface area (TPSA) is 44.9 Å². The molecule has 0 spiro atoms. The van der Waals surface area contributed by atoms with E-state index in [4.69, 9.17) is 14.8 Å². The molecule has 7 rings (SSSR count). The van der Waals surface area contributed by atoms with Crippen molar-refractivity contribution in [2.45, 2.75) is 68.2 Å². The lowest BCUT2D eigenvalue weighted by Gasteiger charge is -2.22. The Hall–Kier alpha value is -5.16. The van der Waals surface area contributed by atoms with Crippen LogP contribution < -0.4 is 4.74 Å². The first-order chi connectivity index (χ1) is 23.5. The molecule has 0 amide bonds. The molecule has 4 aromatic carbocycles. The highest BCUT2D eigenvalue weighted by atomic mass is 16.5. The Morgan fingerprint density at radius 1 is 0.673 bits per heavy atom. The zero-order valence-electron chi connectivity index (χ0n) is 30.0. The number of pyridine rings is 1. The van der Waals surface area contributed by atoms with Gasteiger partial charge in [-0.15, -0.1) is 0 Å². The number of aryl methyl sites for hydroxylation is 4. The van der Waals surface area contributed by atoms with Gasteiger partial charge in [0.05, 0.1) is 22.9 Å². The van der Waals surface area contributed by atoms with E-state index in [-0.39, 0.29) is 0 Å². The number of hydrogen-bond acceptors (Lipinski definition) is 3. The van der Waals surface area contributed by atoms with Gasteiger partial charge in [0.2, 0.25) is 0 Å². The van der Waals surface area contributed by atoms with Gasteiger partial charge in [-0.1, -0.05) is 52.0 Å². The predicted octanol–water partition coefficient (Wildman–Crippen LogP) is 11.5. The Morgan fingerprint density at radius 2 is 1.39 bits per heavy atom. The molecule has 3 aromatic heterocycles. The summed E-state index contributed by atoms with van der Waals surface area (Å²) in [4.78, 5) is 4.74. The number of benzene rings is 4. The van der Waals surface area contributed by atoms with E-state index in [1.165, 1.54) is 49.7 Å². The summed E-state index contributed by atoms with van der Waals surface area (Å²) in [6.07, 6.45) is 8.19. The second kappa shape index (κ2) is 13.0. The summed E-state index contributed by atoms with van der Waals surface area (Å²) in [7, 11) is 0. The molecule has 0 saturated heterocycles. The third-order valence-corrected chi connectivity index (χ3v) is 9.40. The number of ether oxygens (including phenoxy) is 1. The first kappa shape index (κ1) is 32.4. The van der Waals surface area contributed by atoms with Crippen LogP contribution in [0.25, 0.3) is 44.4 Å². The SMILES string of the molecule is Cc1cc(Oc2ccc3c4ccccc4n(-c4cc(C)ccn4)c3c2)cc(-n2cc(-c3c(CC(C)C)c(C)cc(C)c3CC(C)C)cn2)c1. The van der Waals surface area contributed by atoms with Gasteiger partial charge in [0.15, 0.2) is 0 Å². The van der Waals surface area contributed by atoms with Crippen molar-refractivity contribution < 1.29 is 4.74 Å².